The van der Waals surface area contributed by atoms with Crippen molar-refractivity contribution in [1.82, 2.24) is 10.2 Å². The minimum Gasteiger partial charge on any atom is -0.493 e. The van der Waals surface area contributed by atoms with Crippen molar-refractivity contribution in [2.75, 3.05) is 43.9 Å². The zero-order valence-electron chi connectivity index (χ0n) is 26.5. The predicted molar refractivity (Wildman–Crippen MR) is 180 cm³/mol. The molecule has 242 valence electrons. The Morgan fingerprint density at radius 2 is 1.56 bits per heavy atom. The minimum absolute atomic E-state index is 0.127. The van der Waals surface area contributed by atoms with Gasteiger partial charge < -0.3 is 35.1 Å². The Bertz CT molecular complexity index is 1390. The maximum atomic E-state index is 12.9. The molecule has 9 nitrogen and oxygen atoms in total. The molecular formula is C35H45ClN4O5. The fourth-order valence-electron chi connectivity index (χ4n) is 5.07. The van der Waals surface area contributed by atoms with Crippen LogP contribution in [0.25, 0.3) is 0 Å². The van der Waals surface area contributed by atoms with Crippen molar-refractivity contribution in [2.45, 2.75) is 64.9 Å². The average Bonchev–Trinajstić information content (AvgIpc) is 3.05. The number of anilines is 2. The van der Waals surface area contributed by atoms with E-state index in [0.29, 0.717) is 51.5 Å². The second kappa shape index (κ2) is 17.5. The van der Waals surface area contributed by atoms with Gasteiger partial charge in [0.1, 0.15) is 17.6 Å². The van der Waals surface area contributed by atoms with E-state index in [2.05, 4.69) is 34.7 Å². The molecule has 3 aromatic carbocycles. The fraction of sp³-hybridized carbons (Fsp3) is 0.429. The topological polar surface area (TPSA) is 101 Å². The highest BCUT2D eigenvalue weighted by Crippen LogP contribution is 2.34. The van der Waals surface area contributed by atoms with E-state index in [0.717, 1.165) is 51.7 Å². The molecule has 0 unspecified atom stereocenters. The van der Waals surface area contributed by atoms with Crippen molar-refractivity contribution in [3.05, 3.63) is 71.2 Å². The first-order chi connectivity index (χ1) is 21.9. The van der Waals surface area contributed by atoms with Gasteiger partial charge in [0.05, 0.1) is 12.1 Å². The maximum Gasteiger partial charge on any atom is 0.319 e. The summed E-state index contributed by atoms with van der Waals surface area (Å²) in [6, 6.07) is 17.1. The summed E-state index contributed by atoms with van der Waals surface area (Å²) in [4.78, 5) is 27.6. The zero-order valence-corrected chi connectivity index (χ0v) is 27.3. The largest absolute Gasteiger partial charge is 0.493 e. The molecule has 0 bridgehead atoms. The van der Waals surface area contributed by atoms with Crippen LogP contribution in [-0.4, -0.2) is 56.2 Å². The second-order valence-corrected chi connectivity index (χ2v) is 11.6. The number of nitrogens with one attached hydrogen (secondary N) is 3. The molecular weight excluding hydrogens is 592 g/mol. The van der Waals surface area contributed by atoms with Crippen molar-refractivity contribution in [3.63, 3.8) is 0 Å². The Kier molecular flexibility index (Phi) is 13.2. The summed E-state index contributed by atoms with van der Waals surface area (Å²) in [5.41, 5.74) is 1.64. The van der Waals surface area contributed by atoms with Crippen LogP contribution in [-0.2, 0) is 0 Å². The summed E-state index contributed by atoms with van der Waals surface area (Å²) < 4.78 is 17.7. The van der Waals surface area contributed by atoms with E-state index < -0.39 is 0 Å². The zero-order chi connectivity index (χ0) is 32.0. The number of rotatable bonds is 15. The van der Waals surface area contributed by atoms with Gasteiger partial charge in [0.25, 0.3) is 5.91 Å². The van der Waals surface area contributed by atoms with E-state index in [-0.39, 0.29) is 18.0 Å². The van der Waals surface area contributed by atoms with Crippen molar-refractivity contribution in [1.29, 1.82) is 0 Å². The molecule has 1 heterocycles. The van der Waals surface area contributed by atoms with Gasteiger partial charge in [-0.15, -0.1) is 0 Å². The molecule has 0 aliphatic carbocycles. The number of ether oxygens (including phenoxy) is 3. The molecule has 1 saturated heterocycles. The Morgan fingerprint density at radius 3 is 2.24 bits per heavy atom. The number of methoxy groups -OCH3 is 1. The molecule has 1 aliphatic heterocycles. The van der Waals surface area contributed by atoms with Crippen LogP contribution < -0.4 is 30.2 Å². The molecule has 1 fully saturated rings. The molecule has 0 spiro atoms. The first-order valence-corrected chi connectivity index (χ1v) is 16.3. The number of urea groups is 1. The van der Waals surface area contributed by atoms with Gasteiger partial charge in [0.2, 0.25) is 0 Å². The Labute approximate surface area is 271 Å². The number of benzene rings is 3. The predicted octanol–water partition coefficient (Wildman–Crippen LogP) is 8.35. The minimum atomic E-state index is -0.277. The van der Waals surface area contributed by atoms with E-state index in [1.54, 1.807) is 60.7 Å². The van der Waals surface area contributed by atoms with E-state index in [1.165, 1.54) is 20.0 Å². The molecule has 1 aliphatic rings. The highest BCUT2D eigenvalue weighted by Gasteiger charge is 2.21. The van der Waals surface area contributed by atoms with Crippen LogP contribution in [0.4, 0.5) is 16.2 Å². The quantitative estimate of drug-likeness (QED) is 0.145. The molecule has 3 N–H and O–H groups in total. The molecule has 0 radical (unpaired) electrons. The lowest BCUT2D eigenvalue weighted by molar-refractivity contribution is 0.0997. The summed E-state index contributed by atoms with van der Waals surface area (Å²) in [5, 5.41) is 8.98. The summed E-state index contributed by atoms with van der Waals surface area (Å²) >= 11 is 6.51. The van der Waals surface area contributed by atoms with Crippen molar-refractivity contribution in [3.8, 4) is 23.0 Å². The van der Waals surface area contributed by atoms with Crippen LogP contribution in [0, 0.1) is 0 Å². The van der Waals surface area contributed by atoms with Crippen molar-refractivity contribution >= 4 is 34.9 Å². The SMILES string of the molecule is CCCCCNC(=O)Nc1ccc(Oc2ccc(NC(=O)c3ccc(OC4CCN(CCCC)CC4)c(Cl)c3)cc2)c(OC)c1. The van der Waals surface area contributed by atoms with Gasteiger partial charge in [0.15, 0.2) is 11.5 Å². The maximum absolute atomic E-state index is 12.9. The molecule has 0 saturated carbocycles. The number of likely N-dealkylation sites (tertiary alicyclic amines) is 1. The third-order valence-electron chi connectivity index (χ3n) is 7.68. The van der Waals surface area contributed by atoms with Crippen molar-refractivity contribution in [2.24, 2.45) is 0 Å². The number of hydrogen-bond donors (Lipinski definition) is 3. The van der Waals surface area contributed by atoms with E-state index >= 15 is 0 Å². The van der Waals surface area contributed by atoms with Crippen LogP contribution >= 0.6 is 11.6 Å². The lowest BCUT2D eigenvalue weighted by Gasteiger charge is -2.32. The molecule has 0 aromatic heterocycles. The van der Waals surface area contributed by atoms with Gasteiger partial charge in [0, 0.05) is 42.6 Å². The Balaban J connectivity index is 1.28. The average molecular weight is 637 g/mol. The number of piperidine rings is 1. The van der Waals surface area contributed by atoms with Gasteiger partial charge in [-0.3, -0.25) is 4.79 Å². The van der Waals surface area contributed by atoms with Crippen LogP contribution in [0.2, 0.25) is 5.02 Å². The Morgan fingerprint density at radius 1 is 0.844 bits per heavy atom. The number of amides is 3. The van der Waals surface area contributed by atoms with Crippen LogP contribution in [0.3, 0.4) is 0 Å². The van der Waals surface area contributed by atoms with Gasteiger partial charge in [-0.1, -0.05) is 44.7 Å². The standard InChI is InChI=1S/C35H45ClN4O5/c1-4-6-8-19-37-35(42)39-27-12-16-32(33(24-27)43-3)45-28-13-10-26(11-14-28)38-34(41)25-9-15-31(30(36)23-25)44-29-17-21-40(22-18-29)20-7-5-2/h9-16,23-24,29H,4-8,17-22H2,1-3H3,(H,38,41)(H2,37,39,42). The van der Waals surface area contributed by atoms with Gasteiger partial charge in [-0.05, 0) is 86.8 Å². The lowest BCUT2D eigenvalue weighted by atomic mass is 10.1. The number of unbranched alkanes of at least 4 members (excludes halogenated alkanes) is 3. The third-order valence-corrected chi connectivity index (χ3v) is 7.97. The molecule has 3 aromatic rings. The van der Waals surface area contributed by atoms with Crippen LogP contribution in [0.1, 0.15) is 69.2 Å². The summed E-state index contributed by atoms with van der Waals surface area (Å²) in [5.74, 6) is 1.84. The number of carbonyl (C=O) groups is 2. The number of carbonyl (C=O) groups excluding carboxylic acids is 2. The number of nitrogens with zero attached hydrogens (tertiary/aromatic N) is 1. The highest BCUT2D eigenvalue weighted by molar-refractivity contribution is 6.32. The normalized spacial score (nSPS) is 13.6. The highest BCUT2D eigenvalue weighted by atomic mass is 35.5. The third kappa shape index (κ3) is 10.6. The Hall–Kier alpha value is -3.95. The van der Waals surface area contributed by atoms with Gasteiger partial charge >= 0.3 is 6.03 Å². The molecule has 3 amide bonds. The number of halogens is 1. The van der Waals surface area contributed by atoms with E-state index in [1.807, 2.05) is 0 Å². The summed E-state index contributed by atoms with van der Waals surface area (Å²) in [6.45, 7) is 8.17. The monoisotopic (exact) mass is 636 g/mol. The molecule has 45 heavy (non-hydrogen) atoms. The van der Waals surface area contributed by atoms with Gasteiger partial charge in [-0.25, -0.2) is 4.79 Å². The summed E-state index contributed by atoms with van der Waals surface area (Å²) in [7, 11) is 1.54. The van der Waals surface area contributed by atoms with E-state index in [9.17, 15) is 9.59 Å². The van der Waals surface area contributed by atoms with Gasteiger partial charge in [-0.2, -0.15) is 0 Å². The second-order valence-electron chi connectivity index (χ2n) is 11.2. The fourth-order valence-corrected chi connectivity index (χ4v) is 5.29. The van der Waals surface area contributed by atoms with Crippen LogP contribution in [0.5, 0.6) is 23.0 Å². The van der Waals surface area contributed by atoms with Crippen molar-refractivity contribution < 1.29 is 23.8 Å². The van der Waals surface area contributed by atoms with Crippen LogP contribution in [0.15, 0.2) is 60.7 Å². The van der Waals surface area contributed by atoms with E-state index in [4.69, 9.17) is 25.8 Å². The lowest BCUT2D eigenvalue weighted by Crippen LogP contribution is -2.38. The molecule has 0 atom stereocenters. The smallest absolute Gasteiger partial charge is 0.319 e. The molecule has 4 rings (SSSR count). The first kappa shape index (κ1) is 33.9. The summed E-state index contributed by atoms with van der Waals surface area (Å²) in [6.07, 6.45) is 7.61. The first-order valence-electron chi connectivity index (χ1n) is 15.9. The molecule has 10 heteroatoms. The number of hydrogen-bond acceptors (Lipinski definition) is 6.